The number of benzene rings is 1. The Kier molecular flexibility index (Phi) is 3.35. The summed E-state index contributed by atoms with van der Waals surface area (Å²) in [5, 5.41) is 0. The molecule has 5 heteroatoms. The number of fused-ring (bicyclic) bond motifs is 1. The molecule has 1 amide bonds. The standard InChI is InChI=1S/C15H16N4O/c16-18-12-7-8-17-13(10-12)15(20)19-9-3-5-11-4-1-2-6-14(11)19/h1-2,4,6-8,10H,3,5,9,16H2,(H,17,18). The molecule has 2 heterocycles. The van der Waals surface area contributed by atoms with Crippen molar-refractivity contribution in [3.63, 3.8) is 0 Å². The summed E-state index contributed by atoms with van der Waals surface area (Å²) in [5.41, 5.74) is 5.80. The van der Waals surface area contributed by atoms with Crippen LogP contribution in [0, 0.1) is 0 Å². The van der Waals surface area contributed by atoms with Gasteiger partial charge in [0, 0.05) is 18.4 Å². The van der Waals surface area contributed by atoms with Gasteiger partial charge in [0.2, 0.25) is 0 Å². The number of pyridine rings is 1. The molecule has 0 spiro atoms. The van der Waals surface area contributed by atoms with Crippen LogP contribution in [-0.4, -0.2) is 17.4 Å². The SMILES string of the molecule is NNc1ccnc(C(=O)N2CCCc3ccccc32)c1. The lowest BCUT2D eigenvalue weighted by Gasteiger charge is -2.29. The fourth-order valence-corrected chi connectivity index (χ4v) is 2.52. The molecule has 0 atom stereocenters. The predicted octanol–water partition coefficient (Wildman–Crippen LogP) is 1.96. The lowest BCUT2D eigenvalue weighted by atomic mass is 10.0. The van der Waals surface area contributed by atoms with Crippen molar-refractivity contribution in [2.45, 2.75) is 12.8 Å². The smallest absolute Gasteiger partial charge is 0.276 e. The third-order valence-corrected chi connectivity index (χ3v) is 3.50. The van der Waals surface area contributed by atoms with E-state index in [1.807, 2.05) is 18.2 Å². The molecule has 1 aromatic carbocycles. The molecule has 0 unspecified atom stereocenters. The molecule has 0 fully saturated rings. The molecule has 0 radical (unpaired) electrons. The number of anilines is 2. The molecule has 0 saturated heterocycles. The Morgan fingerprint density at radius 2 is 2.15 bits per heavy atom. The summed E-state index contributed by atoms with van der Waals surface area (Å²) in [4.78, 5) is 18.6. The van der Waals surface area contributed by atoms with Crippen LogP contribution in [0.25, 0.3) is 0 Å². The van der Waals surface area contributed by atoms with Crippen LogP contribution in [-0.2, 0) is 6.42 Å². The van der Waals surface area contributed by atoms with E-state index in [0.717, 1.165) is 25.1 Å². The van der Waals surface area contributed by atoms with Crippen molar-refractivity contribution in [1.29, 1.82) is 0 Å². The molecule has 102 valence electrons. The first-order valence-corrected chi connectivity index (χ1v) is 6.62. The van der Waals surface area contributed by atoms with Gasteiger partial charge in [-0.3, -0.25) is 15.6 Å². The predicted molar refractivity (Wildman–Crippen MR) is 78.5 cm³/mol. The van der Waals surface area contributed by atoms with Crippen molar-refractivity contribution in [3.8, 4) is 0 Å². The maximum absolute atomic E-state index is 12.6. The Hall–Kier alpha value is -2.40. The molecule has 3 rings (SSSR count). The van der Waals surface area contributed by atoms with Crippen LogP contribution >= 0.6 is 0 Å². The first kappa shape index (κ1) is 12.6. The van der Waals surface area contributed by atoms with Crippen molar-refractivity contribution < 1.29 is 4.79 Å². The van der Waals surface area contributed by atoms with E-state index >= 15 is 0 Å². The van der Waals surface area contributed by atoms with Gasteiger partial charge in [0.05, 0.1) is 5.69 Å². The lowest BCUT2D eigenvalue weighted by molar-refractivity contribution is 0.0980. The average Bonchev–Trinajstić information content (AvgIpc) is 2.53. The summed E-state index contributed by atoms with van der Waals surface area (Å²) >= 11 is 0. The summed E-state index contributed by atoms with van der Waals surface area (Å²) in [7, 11) is 0. The van der Waals surface area contributed by atoms with Gasteiger partial charge in [-0.2, -0.15) is 0 Å². The van der Waals surface area contributed by atoms with Gasteiger partial charge >= 0.3 is 0 Å². The average molecular weight is 268 g/mol. The highest BCUT2D eigenvalue weighted by molar-refractivity contribution is 6.05. The van der Waals surface area contributed by atoms with E-state index < -0.39 is 0 Å². The Bertz CT molecular complexity index is 641. The third-order valence-electron chi connectivity index (χ3n) is 3.50. The second-order valence-electron chi connectivity index (χ2n) is 4.76. The molecular formula is C15H16N4O. The van der Waals surface area contributed by atoms with E-state index in [-0.39, 0.29) is 5.91 Å². The van der Waals surface area contributed by atoms with Crippen LogP contribution in [0.15, 0.2) is 42.6 Å². The highest BCUT2D eigenvalue weighted by Gasteiger charge is 2.24. The molecule has 5 nitrogen and oxygen atoms in total. The first-order chi connectivity index (χ1) is 9.79. The molecule has 1 aliphatic rings. The molecule has 1 aromatic heterocycles. The number of nitrogen functional groups attached to an aromatic ring is 1. The van der Waals surface area contributed by atoms with E-state index in [0.29, 0.717) is 11.4 Å². The highest BCUT2D eigenvalue weighted by Crippen LogP contribution is 2.27. The number of aryl methyl sites for hydroxylation is 1. The minimum absolute atomic E-state index is 0.0887. The number of para-hydroxylation sites is 1. The van der Waals surface area contributed by atoms with Gasteiger partial charge < -0.3 is 10.3 Å². The van der Waals surface area contributed by atoms with Gasteiger partial charge in [-0.1, -0.05) is 18.2 Å². The van der Waals surface area contributed by atoms with E-state index in [2.05, 4.69) is 16.5 Å². The van der Waals surface area contributed by atoms with Crippen LogP contribution in [0.4, 0.5) is 11.4 Å². The number of aromatic nitrogens is 1. The number of hydrogen-bond donors (Lipinski definition) is 2. The van der Waals surface area contributed by atoms with Gasteiger partial charge in [0.1, 0.15) is 5.69 Å². The van der Waals surface area contributed by atoms with Crippen LogP contribution in [0.1, 0.15) is 22.5 Å². The van der Waals surface area contributed by atoms with Gasteiger partial charge in [-0.05, 0) is 36.6 Å². The van der Waals surface area contributed by atoms with Gasteiger partial charge in [0.25, 0.3) is 5.91 Å². The summed E-state index contributed by atoms with van der Waals surface area (Å²) in [5.74, 6) is 5.28. The Balaban J connectivity index is 1.95. The number of carbonyl (C=O) groups is 1. The van der Waals surface area contributed by atoms with E-state index in [4.69, 9.17) is 5.84 Å². The van der Waals surface area contributed by atoms with Crippen molar-refractivity contribution in [2.24, 2.45) is 5.84 Å². The van der Waals surface area contributed by atoms with Crippen molar-refractivity contribution in [2.75, 3.05) is 16.9 Å². The van der Waals surface area contributed by atoms with Crippen molar-refractivity contribution in [3.05, 3.63) is 53.9 Å². The lowest BCUT2D eigenvalue weighted by Crippen LogP contribution is -2.36. The minimum Gasteiger partial charge on any atom is -0.324 e. The summed E-state index contributed by atoms with van der Waals surface area (Å²) < 4.78 is 0. The Labute approximate surface area is 117 Å². The van der Waals surface area contributed by atoms with Crippen LogP contribution in [0.5, 0.6) is 0 Å². The number of nitrogens with two attached hydrogens (primary N) is 1. The summed E-state index contributed by atoms with van der Waals surface area (Å²) in [6, 6.07) is 11.4. The maximum atomic E-state index is 12.6. The number of hydrazine groups is 1. The second-order valence-corrected chi connectivity index (χ2v) is 4.76. The molecule has 2 aromatic rings. The fourth-order valence-electron chi connectivity index (χ4n) is 2.52. The monoisotopic (exact) mass is 268 g/mol. The van der Waals surface area contributed by atoms with E-state index in [1.165, 1.54) is 5.56 Å². The number of nitrogens with zero attached hydrogens (tertiary/aromatic N) is 2. The van der Waals surface area contributed by atoms with Crippen LogP contribution < -0.4 is 16.2 Å². The normalized spacial score (nSPS) is 13.8. The third kappa shape index (κ3) is 2.23. The van der Waals surface area contributed by atoms with E-state index in [9.17, 15) is 4.79 Å². The number of nitrogens with one attached hydrogen (secondary N) is 1. The second kappa shape index (κ2) is 5.30. The van der Waals surface area contributed by atoms with E-state index in [1.54, 1.807) is 23.2 Å². The highest BCUT2D eigenvalue weighted by atomic mass is 16.2. The fraction of sp³-hybridized carbons (Fsp3) is 0.200. The molecule has 0 saturated carbocycles. The number of rotatable bonds is 2. The summed E-state index contributed by atoms with van der Waals surface area (Å²) in [6.45, 7) is 0.720. The van der Waals surface area contributed by atoms with Crippen LogP contribution in [0.2, 0.25) is 0 Å². The number of carbonyl (C=O) groups excluding carboxylic acids is 1. The van der Waals surface area contributed by atoms with Crippen molar-refractivity contribution >= 4 is 17.3 Å². The largest absolute Gasteiger partial charge is 0.324 e. The van der Waals surface area contributed by atoms with Gasteiger partial charge in [-0.25, -0.2) is 0 Å². The van der Waals surface area contributed by atoms with Crippen molar-refractivity contribution in [1.82, 2.24) is 4.98 Å². The molecule has 20 heavy (non-hydrogen) atoms. The summed E-state index contributed by atoms with van der Waals surface area (Å²) in [6.07, 6.45) is 3.56. The van der Waals surface area contributed by atoms with Crippen LogP contribution in [0.3, 0.4) is 0 Å². The van der Waals surface area contributed by atoms with Gasteiger partial charge in [0.15, 0.2) is 0 Å². The Morgan fingerprint density at radius 3 is 3.00 bits per heavy atom. The first-order valence-electron chi connectivity index (χ1n) is 6.62. The number of hydrogen-bond acceptors (Lipinski definition) is 4. The molecular weight excluding hydrogens is 252 g/mol. The zero-order valence-electron chi connectivity index (χ0n) is 11.0. The molecule has 0 bridgehead atoms. The topological polar surface area (TPSA) is 71.2 Å². The minimum atomic E-state index is -0.0887. The maximum Gasteiger partial charge on any atom is 0.276 e. The molecule has 0 aliphatic carbocycles. The molecule has 1 aliphatic heterocycles. The quantitative estimate of drug-likeness (QED) is 0.645. The molecule has 3 N–H and O–H groups in total. The Morgan fingerprint density at radius 1 is 1.30 bits per heavy atom. The zero-order chi connectivity index (χ0) is 13.9. The number of amides is 1. The zero-order valence-corrected chi connectivity index (χ0v) is 11.0. The van der Waals surface area contributed by atoms with Gasteiger partial charge in [-0.15, -0.1) is 0 Å².